The molecule has 0 spiro atoms. The summed E-state index contributed by atoms with van der Waals surface area (Å²) in [6, 6.07) is 11.5. The van der Waals surface area contributed by atoms with Gasteiger partial charge in [-0.2, -0.15) is 4.31 Å². The third-order valence-corrected chi connectivity index (χ3v) is 7.36. The topological polar surface area (TPSA) is 101 Å². The molecule has 31 heavy (non-hydrogen) atoms. The summed E-state index contributed by atoms with van der Waals surface area (Å²) < 4.78 is 33.2. The van der Waals surface area contributed by atoms with Crippen LogP contribution in [0.4, 0.5) is 5.13 Å². The number of thiazole rings is 1. The molecule has 162 valence electrons. The number of sulfonamides is 1. The standard InChI is InChI=1S/C21H22N4O4S2/c1-14-11-25(12-15(2)29-14)31(27,28)17-7-5-6-16(10-17)20(26)24-21-23-19(13-30-21)18-8-3-4-9-22-18/h3-10,13-15H,11-12H2,1-2H3,(H,23,24,26)/t14-,15-/m0/s1. The molecule has 3 aromatic rings. The molecule has 0 radical (unpaired) electrons. The average Bonchev–Trinajstić information content (AvgIpc) is 3.22. The van der Waals surface area contributed by atoms with Crippen molar-refractivity contribution in [2.75, 3.05) is 18.4 Å². The first-order chi connectivity index (χ1) is 14.8. The van der Waals surface area contributed by atoms with Gasteiger partial charge in [-0.25, -0.2) is 13.4 Å². The Bertz CT molecular complexity index is 1170. The quantitative estimate of drug-likeness (QED) is 0.630. The minimum atomic E-state index is -3.74. The van der Waals surface area contributed by atoms with E-state index in [0.717, 1.165) is 0 Å². The molecule has 1 aromatic carbocycles. The summed E-state index contributed by atoms with van der Waals surface area (Å²) in [5.41, 5.74) is 1.61. The van der Waals surface area contributed by atoms with E-state index in [2.05, 4.69) is 15.3 Å². The predicted molar refractivity (Wildman–Crippen MR) is 119 cm³/mol. The highest BCUT2D eigenvalue weighted by Gasteiger charge is 2.32. The van der Waals surface area contributed by atoms with Crippen molar-refractivity contribution < 1.29 is 17.9 Å². The van der Waals surface area contributed by atoms with E-state index >= 15 is 0 Å². The van der Waals surface area contributed by atoms with Crippen LogP contribution in [0.15, 0.2) is 58.9 Å². The lowest BCUT2D eigenvalue weighted by Gasteiger charge is -2.34. The van der Waals surface area contributed by atoms with Gasteiger partial charge in [0, 0.05) is 30.2 Å². The van der Waals surface area contributed by atoms with Gasteiger partial charge in [0.2, 0.25) is 10.0 Å². The number of carbonyl (C=O) groups excluding carboxylic acids is 1. The Morgan fingerprint density at radius 1 is 1.13 bits per heavy atom. The van der Waals surface area contributed by atoms with Gasteiger partial charge in [0.05, 0.1) is 22.8 Å². The first-order valence-electron chi connectivity index (χ1n) is 9.77. The molecular formula is C21H22N4O4S2. The Morgan fingerprint density at radius 2 is 1.90 bits per heavy atom. The molecular weight excluding hydrogens is 436 g/mol. The van der Waals surface area contributed by atoms with Crippen molar-refractivity contribution in [2.24, 2.45) is 0 Å². The molecule has 2 aromatic heterocycles. The number of rotatable bonds is 5. The smallest absolute Gasteiger partial charge is 0.257 e. The van der Waals surface area contributed by atoms with Crippen LogP contribution in [0.3, 0.4) is 0 Å². The molecule has 8 nitrogen and oxygen atoms in total. The lowest BCUT2D eigenvalue weighted by molar-refractivity contribution is -0.0440. The third kappa shape index (κ3) is 4.82. The third-order valence-electron chi connectivity index (χ3n) is 4.77. The lowest BCUT2D eigenvalue weighted by Crippen LogP contribution is -2.48. The van der Waals surface area contributed by atoms with Crippen LogP contribution in [0.25, 0.3) is 11.4 Å². The minimum Gasteiger partial charge on any atom is -0.373 e. The van der Waals surface area contributed by atoms with Crippen molar-refractivity contribution in [3.05, 3.63) is 59.6 Å². The predicted octanol–water partition coefficient (Wildman–Crippen LogP) is 3.26. The number of hydrogen-bond donors (Lipinski definition) is 1. The number of aromatic nitrogens is 2. The molecule has 0 unspecified atom stereocenters. The highest BCUT2D eigenvalue weighted by Crippen LogP contribution is 2.25. The highest BCUT2D eigenvalue weighted by molar-refractivity contribution is 7.89. The number of anilines is 1. The zero-order valence-corrected chi connectivity index (χ0v) is 18.7. The average molecular weight is 459 g/mol. The Hall–Kier alpha value is -2.66. The van der Waals surface area contributed by atoms with Crippen molar-refractivity contribution in [1.82, 2.24) is 14.3 Å². The minimum absolute atomic E-state index is 0.0785. The summed E-state index contributed by atoms with van der Waals surface area (Å²) >= 11 is 1.28. The molecule has 0 bridgehead atoms. The van der Waals surface area contributed by atoms with Gasteiger partial charge in [-0.05, 0) is 44.2 Å². The van der Waals surface area contributed by atoms with Crippen LogP contribution >= 0.6 is 11.3 Å². The Balaban J connectivity index is 1.52. The van der Waals surface area contributed by atoms with Gasteiger partial charge < -0.3 is 4.74 Å². The lowest BCUT2D eigenvalue weighted by atomic mass is 10.2. The van der Waals surface area contributed by atoms with Gasteiger partial charge in [-0.1, -0.05) is 12.1 Å². The van der Waals surface area contributed by atoms with E-state index in [0.29, 0.717) is 16.5 Å². The molecule has 1 fully saturated rings. The second-order valence-corrected chi connectivity index (χ2v) is 10.1. The largest absolute Gasteiger partial charge is 0.373 e. The molecule has 10 heteroatoms. The summed E-state index contributed by atoms with van der Waals surface area (Å²) in [4.78, 5) is 21.4. The van der Waals surface area contributed by atoms with Gasteiger partial charge in [0.15, 0.2) is 5.13 Å². The first-order valence-corrected chi connectivity index (χ1v) is 12.1. The van der Waals surface area contributed by atoms with Crippen LogP contribution in [0.2, 0.25) is 0 Å². The number of carbonyl (C=O) groups is 1. The van der Waals surface area contributed by atoms with Crippen molar-refractivity contribution >= 4 is 32.4 Å². The van der Waals surface area contributed by atoms with Crippen molar-refractivity contribution in [3.8, 4) is 11.4 Å². The maximum absolute atomic E-state index is 13.1. The number of benzene rings is 1. The molecule has 1 aliphatic rings. The van der Waals surface area contributed by atoms with Crippen molar-refractivity contribution in [2.45, 2.75) is 31.0 Å². The molecule has 1 N–H and O–H groups in total. The summed E-state index contributed by atoms with van der Waals surface area (Å²) in [5.74, 6) is -0.428. The maximum Gasteiger partial charge on any atom is 0.257 e. The number of ether oxygens (including phenoxy) is 1. The highest BCUT2D eigenvalue weighted by atomic mass is 32.2. The molecule has 2 atom stereocenters. The van der Waals surface area contributed by atoms with E-state index in [1.807, 2.05) is 32.0 Å². The number of morpholine rings is 1. The fourth-order valence-corrected chi connectivity index (χ4v) is 5.74. The van der Waals surface area contributed by atoms with E-state index in [1.165, 1.54) is 27.8 Å². The summed E-state index contributed by atoms with van der Waals surface area (Å²) in [6.45, 7) is 4.24. The van der Waals surface area contributed by atoms with E-state index in [9.17, 15) is 13.2 Å². The van der Waals surface area contributed by atoms with Crippen LogP contribution in [0.1, 0.15) is 24.2 Å². The van der Waals surface area contributed by atoms with Crippen LogP contribution < -0.4 is 5.32 Å². The van der Waals surface area contributed by atoms with Crippen LogP contribution in [0.5, 0.6) is 0 Å². The molecule has 0 saturated carbocycles. The summed E-state index contributed by atoms with van der Waals surface area (Å²) in [5, 5.41) is 4.95. The van der Waals surface area contributed by atoms with Gasteiger partial charge in [-0.15, -0.1) is 11.3 Å². The second kappa shape index (κ2) is 8.83. The van der Waals surface area contributed by atoms with E-state index in [4.69, 9.17) is 4.74 Å². The van der Waals surface area contributed by atoms with Crippen molar-refractivity contribution in [3.63, 3.8) is 0 Å². The van der Waals surface area contributed by atoms with Gasteiger partial charge in [0.1, 0.15) is 5.69 Å². The number of amides is 1. The van der Waals surface area contributed by atoms with E-state index in [-0.39, 0.29) is 35.8 Å². The van der Waals surface area contributed by atoms with Gasteiger partial charge in [0.25, 0.3) is 5.91 Å². The van der Waals surface area contributed by atoms with E-state index in [1.54, 1.807) is 23.7 Å². The maximum atomic E-state index is 13.1. The van der Waals surface area contributed by atoms with Gasteiger partial charge in [-0.3, -0.25) is 15.1 Å². The molecule has 0 aliphatic carbocycles. The fourth-order valence-electron chi connectivity index (χ4n) is 3.41. The molecule has 1 saturated heterocycles. The Labute approximate surface area is 185 Å². The zero-order chi connectivity index (χ0) is 22.0. The monoisotopic (exact) mass is 458 g/mol. The number of nitrogens with one attached hydrogen (secondary N) is 1. The molecule has 4 rings (SSSR count). The van der Waals surface area contributed by atoms with Crippen LogP contribution in [0, 0.1) is 0 Å². The summed E-state index contributed by atoms with van der Waals surface area (Å²) in [6.07, 6.45) is 1.29. The number of pyridine rings is 1. The summed E-state index contributed by atoms with van der Waals surface area (Å²) in [7, 11) is -3.74. The zero-order valence-electron chi connectivity index (χ0n) is 17.1. The first kappa shape index (κ1) is 21.6. The van der Waals surface area contributed by atoms with Crippen molar-refractivity contribution in [1.29, 1.82) is 0 Å². The SMILES string of the molecule is C[C@H]1CN(S(=O)(=O)c2cccc(C(=O)Nc3nc(-c4ccccn4)cs3)c2)C[C@H](C)O1. The number of nitrogens with zero attached hydrogens (tertiary/aromatic N) is 3. The molecule has 1 amide bonds. The molecule has 3 heterocycles. The molecule has 1 aliphatic heterocycles. The Morgan fingerprint density at radius 3 is 2.61 bits per heavy atom. The number of hydrogen-bond acceptors (Lipinski definition) is 7. The van der Waals surface area contributed by atoms with Crippen LogP contribution in [-0.2, 0) is 14.8 Å². The van der Waals surface area contributed by atoms with Gasteiger partial charge >= 0.3 is 0 Å². The van der Waals surface area contributed by atoms with Crippen LogP contribution in [-0.4, -0.2) is 53.9 Å². The Kier molecular flexibility index (Phi) is 6.15. The second-order valence-electron chi connectivity index (χ2n) is 7.31. The fraction of sp³-hybridized carbons (Fsp3) is 0.286. The normalized spacial score (nSPS) is 19.8. The van der Waals surface area contributed by atoms with E-state index < -0.39 is 15.9 Å².